The zero-order chi connectivity index (χ0) is 39.1. The Labute approximate surface area is 310 Å². The second kappa shape index (κ2) is 25.4. The van der Waals surface area contributed by atoms with Crippen molar-refractivity contribution >= 4 is 17.7 Å². The number of phenols is 1. The molecule has 6 atom stereocenters. The maximum absolute atomic E-state index is 12.6. The van der Waals surface area contributed by atoms with E-state index in [0.717, 1.165) is 22.3 Å². The van der Waals surface area contributed by atoms with Gasteiger partial charge in [0, 0.05) is 25.5 Å². The van der Waals surface area contributed by atoms with Gasteiger partial charge < -0.3 is 30.5 Å². The first-order valence-corrected chi connectivity index (χ1v) is 17.7. The topological polar surface area (TPSA) is 153 Å². The maximum Gasteiger partial charge on any atom is 0.309 e. The third kappa shape index (κ3) is 20.3. The molecule has 0 aromatic heterocycles. The Hall–Kier alpha value is -4.57. The largest absolute Gasteiger partial charge is 0.508 e. The number of amides is 1. The van der Waals surface area contributed by atoms with Gasteiger partial charge in [-0.2, -0.15) is 0 Å². The van der Waals surface area contributed by atoms with Gasteiger partial charge in [-0.3, -0.25) is 14.4 Å². The Balaban J connectivity index is 2.43. The number of aliphatic hydroxyl groups excluding tert-OH is 2. The minimum absolute atomic E-state index is 0.00254. The smallest absolute Gasteiger partial charge is 0.309 e. The lowest BCUT2D eigenvalue weighted by Gasteiger charge is -2.19. The van der Waals surface area contributed by atoms with Crippen molar-refractivity contribution in [1.82, 2.24) is 5.32 Å². The number of aliphatic hydroxyl groups is 2. The zero-order valence-electron chi connectivity index (χ0n) is 31.7. The van der Waals surface area contributed by atoms with Crippen LogP contribution in [0.25, 0.3) is 0 Å². The number of allylic oxidation sites excluding steroid dienone is 12. The summed E-state index contributed by atoms with van der Waals surface area (Å²) in [4.78, 5) is 36.2. The number of nitrogens with one attached hydrogen (secondary N) is 1. The monoisotopic (exact) mass is 717 g/mol. The lowest BCUT2D eigenvalue weighted by molar-refractivity contribution is -0.144. The average molecular weight is 718 g/mol. The molecule has 0 heterocycles. The van der Waals surface area contributed by atoms with E-state index in [1.165, 1.54) is 13.2 Å². The predicted octanol–water partition coefficient (Wildman–Crippen LogP) is 7.28. The van der Waals surface area contributed by atoms with Crippen LogP contribution in [-0.4, -0.2) is 69.5 Å². The molecule has 1 aromatic carbocycles. The number of benzene rings is 1. The van der Waals surface area contributed by atoms with Crippen molar-refractivity contribution in [1.29, 1.82) is 0 Å². The molecule has 0 saturated heterocycles. The van der Waals surface area contributed by atoms with Gasteiger partial charge in [-0.25, -0.2) is 0 Å². The molecule has 52 heavy (non-hydrogen) atoms. The van der Waals surface area contributed by atoms with Crippen molar-refractivity contribution < 1.29 is 39.5 Å². The third-order valence-corrected chi connectivity index (χ3v) is 8.18. The molecule has 0 fully saturated rings. The Morgan fingerprint density at radius 2 is 1.38 bits per heavy atom. The Morgan fingerprint density at radius 1 is 0.788 bits per heavy atom. The second-order valence-corrected chi connectivity index (χ2v) is 13.2. The fourth-order valence-electron chi connectivity index (χ4n) is 5.00. The van der Waals surface area contributed by atoms with Crippen molar-refractivity contribution in [3.05, 3.63) is 126 Å². The van der Waals surface area contributed by atoms with Crippen LogP contribution in [0.4, 0.5) is 0 Å². The SMILES string of the molecule is COC(C(C)=CC=CC=C(C)C=CCC(O)CC(=O)C=CC=C(C)C=CC(C)NC(=O)C(C)CC=CCC(O)Cc1ccc(O)cc1)C(C)C(=O)O. The molecule has 9 heteroatoms. The Kier molecular flexibility index (Phi) is 22.2. The number of ketones is 1. The van der Waals surface area contributed by atoms with Crippen molar-refractivity contribution in [3.63, 3.8) is 0 Å². The number of carboxylic acid groups (broad SMARTS) is 1. The fraction of sp³-hybridized carbons (Fsp3) is 0.419. The number of aromatic hydroxyl groups is 1. The molecule has 6 unspecified atom stereocenters. The predicted molar refractivity (Wildman–Crippen MR) is 209 cm³/mol. The molecule has 1 rings (SSSR count). The van der Waals surface area contributed by atoms with Crippen LogP contribution in [-0.2, 0) is 25.5 Å². The van der Waals surface area contributed by atoms with Crippen LogP contribution in [0.3, 0.4) is 0 Å². The summed E-state index contributed by atoms with van der Waals surface area (Å²) in [6, 6.07) is 6.57. The highest BCUT2D eigenvalue weighted by Gasteiger charge is 2.24. The molecule has 0 spiro atoms. The van der Waals surface area contributed by atoms with E-state index in [0.29, 0.717) is 25.7 Å². The van der Waals surface area contributed by atoms with Gasteiger partial charge in [0.05, 0.1) is 24.2 Å². The number of rotatable bonds is 23. The molecule has 0 saturated carbocycles. The number of carboxylic acids is 1. The van der Waals surface area contributed by atoms with Crippen LogP contribution in [0.15, 0.2) is 120 Å². The lowest BCUT2D eigenvalue weighted by atomic mass is 9.98. The Bertz CT molecular complexity index is 1510. The van der Waals surface area contributed by atoms with Gasteiger partial charge in [-0.05, 0) is 89.6 Å². The molecule has 0 aliphatic carbocycles. The number of carbonyl (C=O) groups is 3. The summed E-state index contributed by atoms with van der Waals surface area (Å²) in [6.07, 6.45) is 23.5. The Morgan fingerprint density at radius 3 is 2.04 bits per heavy atom. The summed E-state index contributed by atoms with van der Waals surface area (Å²) in [6.45, 7) is 11.0. The van der Waals surface area contributed by atoms with Gasteiger partial charge in [0.1, 0.15) is 5.75 Å². The van der Waals surface area contributed by atoms with E-state index in [9.17, 15) is 34.8 Å². The molecule has 0 aliphatic heterocycles. The fourth-order valence-corrected chi connectivity index (χ4v) is 5.00. The van der Waals surface area contributed by atoms with Crippen LogP contribution >= 0.6 is 0 Å². The van der Waals surface area contributed by atoms with E-state index < -0.39 is 30.2 Å². The molecular weight excluding hydrogens is 658 g/mol. The molecular formula is C43H59NO8. The number of hydrogen-bond acceptors (Lipinski definition) is 7. The van der Waals surface area contributed by atoms with E-state index in [-0.39, 0.29) is 35.8 Å². The van der Waals surface area contributed by atoms with Crippen LogP contribution in [0.1, 0.15) is 72.8 Å². The molecule has 0 radical (unpaired) electrons. The normalized spacial score (nSPS) is 16.9. The van der Waals surface area contributed by atoms with Crippen LogP contribution in [0.2, 0.25) is 0 Å². The van der Waals surface area contributed by atoms with Crippen molar-refractivity contribution in [3.8, 4) is 5.75 Å². The second-order valence-electron chi connectivity index (χ2n) is 13.2. The molecule has 1 aromatic rings. The van der Waals surface area contributed by atoms with E-state index >= 15 is 0 Å². The number of ether oxygens (including phenoxy) is 1. The van der Waals surface area contributed by atoms with Gasteiger partial charge in [-0.15, -0.1) is 0 Å². The minimum atomic E-state index is -0.916. The minimum Gasteiger partial charge on any atom is -0.508 e. The molecule has 5 N–H and O–H groups in total. The first-order chi connectivity index (χ1) is 24.6. The number of aliphatic carboxylic acids is 1. The third-order valence-electron chi connectivity index (χ3n) is 8.18. The summed E-state index contributed by atoms with van der Waals surface area (Å²) in [7, 11) is 1.49. The van der Waals surface area contributed by atoms with Gasteiger partial charge in [-0.1, -0.05) is 103 Å². The average Bonchev–Trinajstić information content (AvgIpc) is 3.08. The number of carbonyl (C=O) groups excluding carboxylic acids is 2. The summed E-state index contributed by atoms with van der Waals surface area (Å²) in [5, 5.41) is 42.1. The summed E-state index contributed by atoms with van der Waals surface area (Å²) in [5.74, 6) is -1.86. The molecule has 284 valence electrons. The van der Waals surface area contributed by atoms with E-state index in [1.54, 1.807) is 43.3 Å². The molecule has 9 nitrogen and oxygen atoms in total. The van der Waals surface area contributed by atoms with E-state index in [2.05, 4.69) is 5.32 Å². The summed E-state index contributed by atoms with van der Waals surface area (Å²) < 4.78 is 5.32. The zero-order valence-corrected chi connectivity index (χ0v) is 31.7. The molecule has 0 aliphatic rings. The molecule has 1 amide bonds. The maximum atomic E-state index is 12.6. The lowest BCUT2D eigenvalue weighted by Crippen LogP contribution is -2.35. The highest BCUT2D eigenvalue weighted by atomic mass is 16.5. The van der Waals surface area contributed by atoms with E-state index in [1.807, 2.05) is 95.4 Å². The van der Waals surface area contributed by atoms with Gasteiger partial charge in [0.15, 0.2) is 5.78 Å². The van der Waals surface area contributed by atoms with Crippen LogP contribution in [0, 0.1) is 11.8 Å². The van der Waals surface area contributed by atoms with Gasteiger partial charge in [0.25, 0.3) is 0 Å². The molecule has 0 bridgehead atoms. The highest BCUT2D eigenvalue weighted by Crippen LogP contribution is 2.17. The first-order valence-electron chi connectivity index (χ1n) is 17.7. The van der Waals surface area contributed by atoms with Crippen LogP contribution < -0.4 is 5.32 Å². The van der Waals surface area contributed by atoms with Crippen molar-refractivity contribution in [2.45, 2.75) is 98.0 Å². The summed E-state index contributed by atoms with van der Waals surface area (Å²) >= 11 is 0. The van der Waals surface area contributed by atoms with E-state index in [4.69, 9.17) is 4.74 Å². The van der Waals surface area contributed by atoms with Crippen LogP contribution in [0.5, 0.6) is 5.75 Å². The van der Waals surface area contributed by atoms with Gasteiger partial charge >= 0.3 is 5.97 Å². The first kappa shape index (κ1) is 45.5. The number of methoxy groups -OCH3 is 1. The van der Waals surface area contributed by atoms with Crippen molar-refractivity contribution in [2.24, 2.45) is 11.8 Å². The van der Waals surface area contributed by atoms with Crippen molar-refractivity contribution in [2.75, 3.05) is 7.11 Å². The highest BCUT2D eigenvalue weighted by molar-refractivity contribution is 5.90. The standard InChI is InChI=1S/C43H59NO8/c1-30(14-8-9-17-32(3)41(52-7)35(6)43(50)51)15-12-20-39(47)29-40(48)21-13-16-31(2)22-23-34(5)44-42(49)33(4)18-10-11-19-38(46)28-36-24-26-37(45)27-25-36/h8-17,21-27,33-35,38-39,41,45-47H,18-20,28-29H2,1-7H3,(H,44,49)(H,50,51). The quantitative estimate of drug-likeness (QED) is 0.0450. The number of hydrogen-bond donors (Lipinski definition) is 5. The van der Waals surface area contributed by atoms with Gasteiger partial charge in [0.2, 0.25) is 5.91 Å². The summed E-state index contributed by atoms with van der Waals surface area (Å²) in [5.41, 5.74) is 3.59. The number of phenolic OH excluding ortho intramolecular Hbond substituents is 1.